The number of carbonyl (C=O) groups is 1. The van der Waals surface area contributed by atoms with E-state index in [9.17, 15) is 9.18 Å². The van der Waals surface area contributed by atoms with Gasteiger partial charge < -0.3 is 9.80 Å². The van der Waals surface area contributed by atoms with Gasteiger partial charge in [0, 0.05) is 38.1 Å². The van der Waals surface area contributed by atoms with Crippen LogP contribution in [0.15, 0.2) is 36.5 Å². The van der Waals surface area contributed by atoms with E-state index >= 15 is 0 Å². The van der Waals surface area contributed by atoms with Gasteiger partial charge in [0.05, 0.1) is 5.69 Å². The Bertz CT molecular complexity index is 1030. The van der Waals surface area contributed by atoms with E-state index in [0.29, 0.717) is 36.5 Å². The first-order valence-electron chi connectivity index (χ1n) is 9.76. The molecule has 1 saturated heterocycles. The molecule has 146 valence electrons. The lowest BCUT2D eigenvalue weighted by molar-refractivity contribution is 0.0738. The maximum atomic E-state index is 13.8. The number of amides is 1. The van der Waals surface area contributed by atoms with Crippen molar-refractivity contribution < 1.29 is 9.18 Å². The number of nitrogens with zero attached hydrogens (tertiary/aromatic N) is 4. The van der Waals surface area contributed by atoms with Crippen LogP contribution in [0, 0.1) is 19.7 Å². The highest BCUT2D eigenvalue weighted by Gasteiger charge is 2.27. The van der Waals surface area contributed by atoms with Crippen LogP contribution in [-0.2, 0) is 6.42 Å². The van der Waals surface area contributed by atoms with Crippen molar-refractivity contribution in [1.29, 1.82) is 0 Å². The highest BCUT2D eigenvalue weighted by Crippen LogP contribution is 2.25. The molecular formula is C22H25FN4O. The summed E-state index contributed by atoms with van der Waals surface area (Å²) in [5.74, 6) is -0.447. The summed E-state index contributed by atoms with van der Waals surface area (Å²) in [6, 6.07) is 9.33. The molecule has 0 bridgehead atoms. The van der Waals surface area contributed by atoms with Crippen LogP contribution in [0.5, 0.6) is 0 Å². The average molecular weight is 380 g/mol. The molecule has 0 spiro atoms. The van der Waals surface area contributed by atoms with Crippen LogP contribution in [0.25, 0.3) is 5.65 Å². The molecule has 1 fully saturated rings. The van der Waals surface area contributed by atoms with Gasteiger partial charge in [-0.3, -0.25) is 9.20 Å². The first-order valence-corrected chi connectivity index (χ1v) is 9.76. The molecule has 0 aliphatic carbocycles. The van der Waals surface area contributed by atoms with E-state index in [1.807, 2.05) is 11.8 Å². The van der Waals surface area contributed by atoms with Gasteiger partial charge in [-0.1, -0.05) is 19.1 Å². The van der Waals surface area contributed by atoms with Crippen molar-refractivity contribution in [2.45, 2.75) is 27.2 Å². The zero-order valence-corrected chi connectivity index (χ0v) is 16.6. The quantitative estimate of drug-likeness (QED) is 0.697. The first-order chi connectivity index (χ1) is 13.5. The third-order valence-corrected chi connectivity index (χ3v) is 5.68. The zero-order chi connectivity index (χ0) is 19.8. The molecule has 5 nitrogen and oxygen atoms in total. The fraction of sp³-hybridized carbons (Fsp3) is 0.364. The predicted octanol–water partition coefficient (Wildman–Crippen LogP) is 3.62. The maximum absolute atomic E-state index is 13.8. The van der Waals surface area contributed by atoms with Crippen molar-refractivity contribution in [2.75, 3.05) is 31.1 Å². The van der Waals surface area contributed by atoms with Crippen LogP contribution in [0.3, 0.4) is 0 Å². The third-order valence-electron chi connectivity index (χ3n) is 5.68. The van der Waals surface area contributed by atoms with E-state index in [2.05, 4.69) is 41.9 Å². The number of aryl methyl sites for hydroxylation is 2. The Labute approximate surface area is 164 Å². The number of halogens is 1. The lowest BCUT2D eigenvalue weighted by atomic mass is 10.1. The third kappa shape index (κ3) is 3.13. The largest absolute Gasteiger partial charge is 0.368 e. The molecule has 28 heavy (non-hydrogen) atoms. The molecule has 0 saturated carbocycles. The SMILES string of the molecule is CCc1nc2ccc(F)cn2c1C(=O)N1CCN(c2cccc(C)c2C)CC1. The summed E-state index contributed by atoms with van der Waals surface area (Å²) in [6.07, 6.45) is 1.98. The van der Waals surface area contributed by atoms with Gasteiger partial charge in [-0.05, 0) is 49.6 Å². The molecule has 6 heteroatoms. The van der Waals surface area contributed by atoms with Crippen molar-refractivity contribution in [3.05, 3.63) is 64.9 Å². The van der Waals surface area contributed by atoms with Crippen LogP contribution in [0.4, 0.5) is 10.1 Å². The van der Waals surface area contributed by atoms with Crippen molar-refractivity contribution in [2.24, 2.45) is 0 Å². The van der Waals surface area contributed by atoms with Gasteiger partial charge in [-0.15, -0.1) is 0 Å². The van der Waals surface area contributed by atoms with Gasteiger partial charge in [0.25, 0.3) is 5.91 Å². The number of rotatable bonds is 3. The number of hydrogen-bond acceptors (Lipinski definition) is 3. The summed E-state index contributed by atoms with van der Waals surface area (Å²) in [6.45, 7) is 9.06. The van der Waals surface area contributed by atoms with Gasteiger partial charge in [-0.25, -0.2) is 9.37 Å². The number of fused-ring (bicyclic) bond motifs is 1. The van der Waals surface area contributed by atoms with Gasteiger partial charge >= 0.3 is 0 Å². The van der Waals surface area contributed by atoms with Crippen LogP contribution < -0.4 is 4.90 Å². The molecule has 0 N–H and O–H groups in total. The second-order valence-electron chi connectivity index (χ2n) is 7.33. The van der Waals surface area contributed by atoms with Crippen LogP contribution in [0.2, 0.25) is 0 Å². The van der Waals surface area contributed by atoms with E-state index in [1.54, 1.807) is 10.5 Å². The Hall–Kier alpha value is -2.89. The normalized spacial score (nSPS) is 14.7. The molecule has 0 radical (unpaired) electrons. The van der Waals surface area contributed by atoms with Crippen molar-refractivity contribution >= 4 is 17.2 Å². The minimum atomic E-state index is -0.374. The summed E-state index contributed by atoms with van der Waals surface area (Å²) in [7, 11) is 0. The molecule has 0 unspecified atom stereocenters. The van der Waals surface area contributed by atoms with Gasteiger partial charge in [0.1, 0.15) is 17.2 Å². The number of pyridine rings is 1. The minimum Gasteiger partial charge on any atom is -0.368 e. The Kier molecular flexibility index (Phi) is 4.79. The lowest BCUT2D eigenvalue weighted by Crippen LogP contribution is -2.49. The van der Waals surface area contributed by atoms with E-state index in [4.69, 9.17) is 0 Å². The molecule has 2 aromatic heterocycles. The standard InChI is InChI=1S/C22H25FN4O/c1-4-18-21(27-14-17(23)8-9-20(27)24-18)22(28)26-12-10-25(11-13-26)19-7-5-6-15(2)16(19)3/h5-9,14H,4,10-13H2,1-3H3. The fourth-order valence-electron chi connectivity index (χ4n) is 3.92. The Morgan fingerprint density at radius 2 is 1.86 bits per heavy atom. The molecule has 0 atom stereocenters. The van der Waals surface area contributed by atoms with Crippen molar-refractivity contribution in [3.63, 3.8) is 0 Å². The Morgan fingerprint density at radius 1 is 1.11 bits per heavy atom. The number of carbonyl (C=O) groups excluding carboxylic acids is 1. The Balaban J connectivity index is 1.57. The molecule has 1 aliphatic heterocycles. The van der Waals surface area contributed by atoms with E-state index < -0.39 is 0 Å². The second-order valence-corrected chi connectivity index (χ2v) is 7.33. The number of benzene rings is 1. The van der Waals surface area contributed by atoms with E-state index in [0.717, 1.165) is 13.1 Å². The number of piperazine rings is 1. The van der Waals surface area contributed by atoms with Crippen LogP contribution >= 0.6 is 0 Å². The zero-order valence-electron chi connectivity index (χ0n) is 16.6. The number of imidazole rings is 1. The molecular weight excluding hydrogens is 355 g/mol. The summed E-state index contributed by atoms with van der Waals surface area (Å²) in [5, 5.41) is 0. The van der Waals surface area contributed by atoms with Crippen molar-refractivity contribution in [1.82, 2.24) is 14.3 Å². The lowest BCUT2D eigenvalue weighted by Gasteiger charge is -2.37. The smallest absolute Gasteiger partial charge is 0.272 e. The average Bonchev–Trinajstić information content (AvgIpc) is 3.07. The Morgan fingerprint density at radius 3 is 2.57 bits per heavy atom. The van der Waals surface area contributed by atoms with E-state index in [1.165, 1.54) is 29.1 Å². The first kappa shape index (κ1) is 18.5. The summed E-state index contributed by atoms with van der Waals surface area (Å²) >= 11 is 0. The molecule has 4 rings (SSSR count). The molecule has 1 amide bonds. The summed E-state index contributed by atoms with van der Waals surface area (Å²) in [5.41, 5.74) is 5.60. The maximum Gasteiger partial charge on any atom is 0.272 e. The minimum absolute atomic E-state index is 0.0736. The predicted molar refractivity (Wildman–Crippen MR) is 109 cm³/mol. The monoisotopic (exact) mass is 380 g/mol. The summed E-state index contributed by atoms with van der Waals surface area (Å²) < 4.78 is 15.4. The van der Waals surface area contributed by atoms with E-state index in [-0.39, 0.29) is 11.7 Å². The molecule has 3 heterocycles. The van der Waals surface area contributed by atoms with Gasteiger partial charge in [0.2, 0.25) is 0 Å². The number of anilines is 1. The van der Waals surface area contributed by atoms with Gasteiger partial charge in [0.15, 0.2) is 0 Å². The summed E-state index contributed by atoms with van der Waals surface area (Å²) in [4.78, 5) is 22.0. The molecule has 1 aliphatic rings. The second kappa shape index (κ2) is 7.26. The number of hydrogen-bond donors (Lipinski definition) is 0. The topological polar surface area (TPSA) is 40.9 Å². The van der Waals surface area contributed by atoms with Crippen LogP contribution in [0.1, 0.15) is 34.2 Å². The highest BCUT2D eigenvalue weighted by atomic mass is 19.1. The van der Waals surface area contributed by atoms with Crippen molar-refractivity contribution in [3.8, 4) is 0 Å². The number of aromatic nitrogens is 2. The fourth-order valence-corrected chi connectivity index (χ4v) is 3.92. The molecule has 3 aromatic rings. The molecule has 1 aromatic carbocycles. The van der Waals surface area contributed by atoms with Gasteiger partial charge in [-0.2, -0.15) is 0 Å². The highest BCUT2D eigenvalue weighted by molar-refractivity contribution is 5.95. The van der Waals surface area contributed by atoms with Crippen LogP contribution in [-0.4, -0.2) is 46.4 Å².